The van der Waals surface area contributed by atoms with Gasteiger partial charge in [-0.3, -0.25) is 5.10 Å². The summed E-state index contributed by atoms with van der Waals surface area (Å²) in [5, 5.41) is 13.2. The molecule has 0 saturated heterocycles. The molecule has 7 nitrogen and oxygen atoms in total. The second-order valence-corrected chi connectivity index (χ2v) is 5.93. The molecule has 0 unspecified atom stereocenters. The third-order valence-corrected chi connectivity index (χ3v) is 3.72. The first-order valence-electron chi connectivity index (χ1n) is 8.35. The van der Waals surface area contributed by atoms with Gasteiger partial charge >= 0.3 is 0 Å². The first-order chi connectivity index (χ1) is 13.0. The third-order valence-electron chi connectivity index (χ3n) is 3.72. The van der Waals surface area contributed by atoms with Crippen LogP contribution >= 0.6 is 0 Å². The predicted octanol–water partition coefficient (Wildman–Crippen LogP) is 4.35. The van der Waals surface area contributed by atoms with Crippen molar-refractivity contribution in [3.63, 3.8) is 0 Å². The largest absolute Gasteiger partial charge is 0.492 e. The highest BCUT2D eigenvalue weighted by molar-refractivity contribution is 5.73. The topological polar surface area (TPSA) is 79.2 Å². The lowest BCUT2D eigenvalue weighted by Crippen LogP contribution is -2.13. The Balaban J connectivity index is 1.66. The number of hydrogen-bond donors (Lipinski definition) is 3. The van der Waals surface area contributed by atoms with Crippen molar-refractivity contribution < 1.29 is 9.13 Å². The second kappa shape index (κ2) is 8.19. The number of nitrogens with zero attached hydrogens (tertiary/aromatic N) is 3. The summed E-state index contributed by atoms with van der Waals surface area (Å²) >= 11 is 0. The number of hydrogen-bond acceptors (Lipinski definition) is 5. The molecule has 0 aliphatic rings. The Morgan fingerprint density at radius 1 is 1.22 bits per heavy atom. The van der Waals surface area contributed by atoms with Crippen LogP contribution in [0, 0.1) is 26.2 Å². The van der Waals surface area contributed by atoms with Gasteiger partial charge in [-0.15, -0.1) is 0 Å². The fraction of sp³-hybridized carbons (Fsp3) is 0.211. The first-order valence-corrected chi connectivity index (χ1v) is 8.35. The summed E-state index contributed by atoms with van der Waals surface area (Å²) in [5.41, 5.74) is 2.17. The van der Waals surface area contributed by atoms with Crippen molar-refractivity contribution in [1.82, 2.24) is 15.2 Å². The van der Waals surface area contributed by atoms with Crippen molar-refractivity contribution in [2.75, 3.05) is 23.8 Å². The van der Waals surface area contributed by atoms with E-state index in [0.717, 1.165) is 11.3 Å². The third kappa shape index (κ3) is 4.73. The summed E-state index contributed by atoms with van der Waals surface area (Å²) in [6.07, 6.45) is 0. The van der Waals surface area contributed by atoms with Gasteiger partial charge in [0.2, 0.25) is 5.69 Å². The molecule has 138 valence electrons. The first kappa shape index (κ1) is 18.2. The number of anilines is 3. The maximum atomic E-state index is 13.2. The van der Waals surface area contributed by atoms with E-state index < -0.39 is 0 Å². The van der Waals surface area contributed by atoms with Gasteiger partial charge < -0.3 is 15.4 Å². The van der Waals surface area contributed by atoms with Crippen LogP contribution in [0.2, 0.25) is 0 Å². The van der Waals surface area contributed by atoms with Gasteiger partial charge in [0, 0.05) is 24.4 Å². The van der Waals surface area contributed by atoms with Crippen LogP contribution < -0.4 is 15.4 Å². The smallest absolute Gasteiger partial charge is 0.231 e. The molecule has 0 aliphatic heterocycles. The van der Waals surface area contributed by atoms with E-state index in [1.54, 1.807) is 18.2 Å². The molecule has 3 rings (SSSR count). The lowest BCUT2D eigenvalue weighted by Gasteiger charge is -2.13. The van der Waals surface area contributed by atoms with Crippen LogP contribution in [0.5, 0.6) is 5.75 Å². The number of halogens is 1. The van der Waals surface area contributed by atoms with Gasteiger partial charge in [-0.2, -0.15) is 5.10 Å². The highest BCUT2D eigenvalue weighted by Crippen LogP contribution is 2.30. The van der Waals surface area contributed by atoms with Gasteiger partial charge in [0.05, 0.1) is 6.57 Å². The van der Waals surface area contributed by atoms with E-state index in [2.05, 4.69) is 30.7 Å². The van der Waals surface area contributed by atoms with E-state index in [9.17, 15) is 4.39 Å². The maximum absolute atomic E-state index is 13.2. The van der Waals surface area contributed by atoms with Gasteiger partial charge in [-0.05, 0) is 37.6 Å². The van der Waals surface area contributed by atoms with Gasteiger partial charge in [-0.1, -0.05) is 6.07 Å². The van der Waals surface area contributed by atoms with Crippen molar-refractivity contribution in [3.05, 3.63) is 64.9 Å². The summed E-state index contributed by atoms with van der Waals surface area (Å²) in [4.78, 5) is 8.02. The molecule has 3 aromatic rings. The summed E-state index contributed by atoms with van der Waals surface area (Å²) < 4.78 is 18.7. The van der Waals surface area contributed by atoms with E-state index in [1.165, 1.54) is 12.1 Å². The molecule has 8 heteroatoms. The van der Waals surface area contributed by atoms with Crippen LogP contribution in [0.15, 0.2) is 36.4 Å². The highest BCUT2D eigenvalue weighted by atomic mass is 19.1. The van der Waals surface area contributed by atoms with Crippen LogP contribution in [-0.4, -0.2) is 28.3 Å². The van der Waals surface area contributed by atoms with Crippen molar-refractivity contribution in [1.29, 1.82) is 0 Å². The summed E-state index contributed by atoms with van der Waals surface area (Å²) in [6.45, 7) is 11.9. The Morgan fingerprint density at radius 2 is 2.07 bits per heavy atom. The van der Waals surface area contributed by atoms with Crippen LogP contribution in [0.4, 0.5) is 27.5 Å². The summed E-state index contributed by atoms with van der Waals surface area (Å²) in [7, 11) is 0. The standard InChI is InChI=1S/C19H19FN6O/c1-12-9-16(23-17-10-13(2)25-26-17)24-19(18(12)21-3)22-7-8-27-15-6-4-5-14(20)11-15/h4-6,9-11H,7-8H2,1-2H3,(H3,22,23,24,25,26). The van der Waals surface area contributed by atoms with E-state index in [-0.39, 0.29) is 5.82 Å². The minimum absolute atomic E-state index is 0.303. The molecule has 3 N–H and O–H groups in total. The normalized spacial score (nSPS) is 10.3. The van der Waals surface area contributed by atoms with Gasteiger partial charge in [0.1, 0.15) is 29.8 Å². The molecule has 0 spiro atoms. The fourth-order valence-corrected chi connectivity index (χ4v) is 2.50. The summed E-state index contributed by atoms with van der Waals surface area (Å²) in [5.74, 6) is 1.80. The van der Waals surface area contributed by atoms with E-state index in [4.69, 9.17) is 11.3 Å². The number of aryl methyl sites for hydroxylation is 2. The second-order valence-electron chi connectivity index (χ2n) is 5.93. The van der Waals surface area contributed by atoms with E-state index in [1.807, 2.05) is 19.9 Å². The van der Waals surface area contributed by atoms with Gasteiger partial charge in [0.15, 0.2) is 5.82 Å². The number of ether oxygens (including phenoxy) is 1. The number of rotatable bonds is 7. The molecule has 27 heavy (non-hydrogen) atoms. The molecular formula is C19H19FN6O. The molecule has 0 aliphatic carbocycles. The lowest BCUT2D eigenvalue weighted by molar-refractivity contribution is 0.331. The number of aromatic nitrogens is 3. The monoisotopic (exact) mass is 366 g/mol. The Hall–Kier alpha value is -3.60. The zero-order valence-electron chi connectivity index (χ0n) is 15.0. The zero-order valence-corrected chi connectivity index (χ0v) is 15.0. The molecule has 2 aromatic heterocycles. The van der Waals surface area contributed by atoms with E-state index >= 15 is 0 Å². The molecule has 0 amide bonds. The number of H-pyrrole nitrogens is 1. The molecule has 1 aromatic carbocycles. The maximum Gasteiger partial charge on any atom is 0.231 e. The van der Waals surface area contributed by atoms with Crippen molar-refractivity contribution in [3.8, 4) is 5.75 Å². The van der Waals surface area contributed by atoms with Crippen molar-refractivity contribution >= 4 is 23.1 Å². The van der Waals surface area contributed by atoms with Crippen LogP contribution in [-0.2, 0) is 0 Å². The Morgan fingerprint density at radius 3 is 2.78 bits per heavy atom. The Bertz CT molecular complexity index is 979. The number of aromatic amines is 1. The highest BCUT2D eigenvalue weighted by Gasteiger charge is 2.11. The molecule has 0 saturated carbocycles. The average Bonchev–Trinajstić information content (AvgIpc) is 3.03. The minimum Gasteiger partial charge on any atom is -0.492 e. The molecule has 2 heterocycles. The summed E-state index contributed by atoms with van der Waals surface area (Å²) in [6, 6.07) is 9.62. The van der Waals surface area contributed by atoms with E-state index in [0.29, 0.717) is 42.0 Å². The van der Waals surface area contributed by atoms with Crippen LogP contribution in [0.25, 0.3) is 4.85 Å². The molecular weight excluding hydrogens is 347 g/mol. The Labute approximate surface area is 156 Å². The van der Waals surface area contributed by atoms with Crippen molar-refractivity contribution in [2.45, 2.75) is 13.8 Å². The molecule has 0 fully saturated rings. The predicted molar refractivity (Wildman–Crippen MR) is 102 cm³/mol. The Kier molecular flexibility index (Phi) is 5.52. The van der Waals surface area contributed by atoms with Crippen LogP contribution in [0.1, 0.15) is 11.3 Å². The molecule has 0 radical (unpaired) electrons. The van der Waals surface area contributed by atoms with Gasteiger partial charge in [-0.25, -0.2) is 14.2 Å². The molecule has 0 atom stereocenters. The quantitative estimate of drug-likeness (QED) is 0.428. The number of pyridine rings is 1. The SMILES string of the molecule is [C-]#[N+]c1c(C)cc(Nc2cc(C)[nH]n2)nc1NCCOc1cccc(F)c1. The minimum atomic E-state index is -0.347. The number of benzene rings is 1. The van der Waals surface area contributed by atoms with Crippen LogP contribution in [0.3, 0.4) is 0 Å². The molecule has 0 bridgehead atoms. The average molecular weight is 366 g/mol. The van der Waals surface area contributed by atoms with Crippen molar-refractivity contribution in [2.24, 2.45) is 0 Å². The van der Waals surface area contributed by atoms with Gasteiger partial charge in [0.25, 0.3) is 0 Å². The zero-order chi connectivity index (χ0) is 19.2. The lowest BCUT2D eigenvalue weighted by atomic mass is 10.2. The number of nitrogens with one attached hydrogen (secondary N) is 3. The fourth-order valence-electron chi connectivity index (χ4n) is 2.50.